The van der Waals surface area contributed by atoms with Crippen LogP contribution in [-0.2, 0) is 6.61 Å². The van der Waals surface area contributed by atoms with E-state index in [4.69, 9.17) is 20.4 Å². The Morgan fingerprint density at radius 2 is 2.10 bits per heavy atom. The van der Waals surface area contributed by atoms with Crippen LogP contribution in [0.2, 0.25) is 0 Å². The van der Waals surface area contributed by atoms with Gasteiger partial charge in [0.15, 0.2) is 5.84 Å². The monoisotopic (exact) mass is 273 g/mol. The number of nitrogens with zero attached hydrogens (tertiary/aromatic N) is 2. The molecule has 0 fully saturated rings. The fraction of sp³-hybridized carbons (Fsp3) is 0.143. The Morgan fingerprint density at radius 1 is 1.30 bits per heavy atom. The van der Waals surface area contributed by atoms with Gasteiger partial charge in [0, 0.05) is 17.8 Å². The highest BCUT2D eigenvalue weighted by molar-refractivity contribution is 5.96. The zero-order valence-corrected chi connectivity index (χ0v) is 11.0. The minimum absolute atomic E-state index is 0.0464. The molecule has 0 aliphatic heterocycles. The van der Waals surface area contributed by atoms with Gasteiger partial charge in [-0.25, -0.2) is 0 Å². The molecule has 0 aliphatic rings. The van der Waals surface area contributed by atoms with Gasteiger partial charge in [-0.1, -0.05) is 17.3 Å². The highest BCUT2D eigenvalue weighted by Gasteiger charge is 2.09. The number of amidine groups is 1. The number of hydrogen-bond donors (Lipinski definition) is 2. The fourth-order valence-electron chi connectivity index (χ4n) is 1.69. The van der Waals surface area contributed by atoms with E-state index < -0.39 is 0 Å². The topological polar surface area (TPSA) is 90.0 Å². The van der Waals surface area contributed by atoms with E-state index in [0.29, 0.717) is 17.2 Å². The van der Waals surface area contributed by atoms with Crippen LogP contribution in [0.4, 0.5) is 0 Å². The Labute approximate surface area is 116 Å². The second kappa shape index (κ2) is 6.42. The first kappa shape index (κ1) is 13.7. The fourth-order valence-corrected chi connectivity index (χ4v) is 1.69. The van der Waals surface area contributed by atoms with Gasteiger partial charge in [-0.3, -0.25) is 4.98 Å². The quantitative estimate of drug-likeness (QED) is 0.375. The number of hydrogen-bond acceptors (Lipinski definition) is 5. The van der Waals surface area contributed by atoms with Gasteiger partial charge < -0.3 is 20.4 Å². The Kier molecular flexibility index (Phi) is 4.39. The lowest BCUT2D eigenvalue weighted by molar-refractivity contribution is 0.302. The first-order valence-electron chi connectivity index (χ1n) is 5.93. The SMILES string of the molecule is COc1cccc(OCc2cccnc2C(N)=NO)c1. The summed E-state index contributed by atoms with van der Waals surface area (Å²) in [6, 6.07) is 10.8. The molecule has 2 aromatic rings. The van der Waals surface area contributed by atoms with E-state index in [-0.39, 0.29) is 12.4 Å². The molecule has 0 atom stereocenters. The van der Waals surface area contributed by atoms with Crippen LogP contribution in [0.1, 0.15) is 11.3 Å². The molecule has 1 heterocycles. The van der Waals surface area contributed by atoms with Crippen LogP contribution in [0.5, 0.6) is 11.5 Å². The van der Waals surface area contributed by atoms with Crippen molar-refractivity contribution in [2.45, 2.75) is 6.61 Å². The smallest absolute Gasteiger partial charge is 0.189 e. The molecule has 0 unspecified atom stereocenters. The summed E-state index contributed by atoms with van der Waals surface area (Å²) in [5, 5.41) is 11.7. The van der Waals surface area contributed by atoms with Gasteiger partial charge in [0.05, 0.1) is 7.11 Å². The number of methoxy groups -OCH3 is 1. The van der Waals surface area contributed by atoms with E-state index in [1.165, 1.54) is 0 Å². The first-order chi connectivity index (χ1) is 9.74. The van der Waals surface area contributed by atoms with Gasteiger partial charge in [-0.15, -0.1) is 0 Å². The number of nitrogens with two attached hydrogens (primary N) is 1. The van der Waals surface area contributed by atoms with Crippen LogP contribution in [0.15, 0.2) is 47.8 Å². The molecule has 1 aromatic carbocycles. The summed E-state index contributed by atoms with van der Waals surface area (Å²) in [5.41, 5.74) is 6.70. The Hall–Kier alpha value is -2.76. The van der Waals surface area contributed by atoms with E-state index in [9.17, 15) is 0 Å². The van der Waals surface area contributed by atoms with Crippen molar-refractivity contribution in [1.29, 1.82) is 0 Å². The van der Waals surface area contributed by atoms with Crippen molar-refractivity contribution >= 4 is 5.84 Å². The van der Waals surface area contributed by atoms with Gasteiger partial charge in [0.25, 0.3) is 0 Å². The van der Waals surface area contributed by atoms with Crippen molar-refractivity contribution in [3.63, 3.8) is 0 Å². The summed E-state index contributed by atoms with van der Waals surface area (Å²) in [5.74, 6) is 1.33. The molecule has 104 valence electrons. The highest BCUT2D eigenvalue weighted by Crippen LogP contribution is 2.20. The first-order valence-corrected chi connectivity index (χ1v) is 5.93. The molecule has 2 rings (SSSR count). The molecule has 3 N–H and O–H groups in total. The summed E-state index contributed by atoms with van der Waals surface area (Å²) < 4.78 is 10.8. The van der Waals surface area contributed by atoms with Crippen molar-refractivity contribution in [2.75, 3.05) is 7.11 Å². The number of rotatable bonds is 5. The highest BCUT2D eigenvalue weighted by atomic mass is 16.5. The van der Waals surface area contributed by atoms with Gasteiger partial charge >= 0.3 is 0 Å². The Balaban J connectivity index is 2.14. The predicted molar refractivity (Wildman–Crippen MR) is 74.1 cm³/mol. The minimum atomic E-state index is -0.0464. The molecule has 0 saturated heterocycles. The molecular weight excluding hydrogens is 258 g/mol. The van der Waals surface area contributed by atoms with Gasteiger partial charge in [0.2, 0.25) is 0 Å². The number of benzene rings is 1. The third-order valence-electron chi connectivity index (χ3n) is 2.68. The van der Waals surface area contributed by atoms with Gasteiger partial charge in [-0.2, -0.15) is 0 Å². The molecule has 1 aromatic heterocycles. The van der Waals surface area contributed by atoms with E-state index >= 15 is 0 Å². The summed E-state index contributed by atoms with van der Waals surface area (Å²) in [4.78, 5) is 4.07. The number of aromatic nitrogens is 1. The zero-order chi connectivity index (χ0) is 14.4. The second-order valence-electron chi connectivity index (χ2n) is 3.96. The molecule has 0 bridgehead atoms. The van der Waals surface area contributed by atoms with Crippen LogP contribution >= 0.6 is 0 Å². The second-order valence-corrected chi connectivity index (χ2v) is 3.96. The Morgan fingerprint density at radius 3 is 2.85 bits per heavy atom. The third-order valence-corrected chi connectivity index (χ3v) is 2.68. The largest absolute Gasteiger partial charge is 0.497 e. The van der Waals surface area contributed by atoms with Crippen LogP contribution in [0.3, 0.4) is 0 Å². The number of pyridine rings is 1. The lowest BCUT2D eigenvalue weighted by Gasteiger charge is -2.10. The summed E-state index contributed by atoms with van der Waals surface area (Å²) in [7, 11) is 1.59. The van der Waals surface area contributed by atoms with E-state index in [1.54, 1.807) is 31.5 Å². The molecule has 0 amide bonds. The predicted octanol–water partition coefficient (Wildman–Crippen LogP) is 1.76. The third kappa shape index (κ3) is 3.17. The number of oxime groups is 1. The van der Waals surface area contributed by atoms with E-state index in [2.05, 4.69) is 10.1 Å². The van der Waals surface area contributed by atoms with E-state index in [1.807, 2.05) is 18.2 Å². The number of ether oxygens (including phenoxy) is 2. The molecule has 0 saturated carbocycles. The maximum atomic E-state index is 8.73. The van der Waals surface area contributed by atoms with Crippen LogP contribution in [0, 0.1) is 0 Å². The van der Waals surface area contributed by atoms with Crippen molar-refractivity contribution in [3.8, 4) is 11.5 Å². The molecule has 0 radical (unpaired) electrons. The maximum Gasteiger partial charge on any atom is 0.189 e. The van der Waals surface area contributed by atoms with Gasteiger partial charge in [0.1, 0.15) is 23.8 Å². The Bertz CT molecular complexity index is 614. The average Bonchev–Trinajstić information content (AvgIpc) is 2.52. The zero-order valence-electron chi connectivity index (χ0n) is 11.0. The van der Waals surface area contributed by atoms with Crippen LogP contribution in [0.25, 0.3) is 0 Å². The molecule has 6 heteroatoms. The van der Waals surface area contributed by atoms with Crippen molar-refractivity contribution in [3.05, 3.63) is 53.9 Å². The average molecular weight is 273 g/mol. The molecule has 0 spiro atoms. The van der Waals surface area contributed by atoms with Crippen molar-refractivity contribution < 1.29 is 14.7 Å². The van der Waals surface area contributed by atoms with Crippen LogP contribution < -0.4 is 15.2 Å². The molecule has 20 heavy (non-hydrogen) atoms. The summed E-state index contributed by atoms with van der Waals surface area (Å²) in [6.07, 6.45) is 1.57. The lowest BCUT2D eigenvalue weighted by Crippen LogP contribution is -2.18. The van der Waals surface area contributed by atoms with Crippen LogP contribution in [-0.4, -0.2) is 23.1 Å². The van der Waals surface area contributed by atoms with Gasteiger partial charge in [-0.05, 0) is 18.2 Å². The summed E-state index contributed by atoms with van der Waals surface area (Å²) >= 11 is 0. The van der Waals surface area contributed by atoms with E-state index in [0.717, 1.165) is 5.56 Å². The van der Waals surface area contributed by atoms with Crippen molar-refractivity contribution in [1.82, 2.24) is 4.98 Å². The standard InChI is InChI=1S/C14H15N3O3/c1-19-11-5-2-6-12(8-11)20-9-10-4-3-7-16-13(10)14(15)17-18/h2-8,18H,9H2,1H3,(H2,15,17). The maximum absolute atomic E-state index is 8.73. The summed E-state index contributed by atoms with van der Waals surface area (Å²) in [6.45, 7) is 0.257. The molecule has 0 aliphatic carbocycles. The minimum Gasteiger partial charge on any atom is -0.497 e. The normalized spacial score (nSPS) is 11.2. The van der Waals surface area contributed by atoms with Crippen molar-refractivity contribution in [2.24, 2.45) is 10.9 Å². The lowest BCUT2D eigenvalue weighted by atomic mass is 10.2. The molecular formula is C14H15N3O3. The molecule has 6 nitrogen and oxygen atoms in total.